The van der Waals surface area contributed by atoms with Crippen molar-refractivity contribution in [3.8, 4) is 0 Å². The molecular formula is C20H23ClFN7O2. The fourth-order valence-corrected chi connectivity index (χ4v) is 2.68. The number of hydrazine groups is 1. The van der Waals surface area contributed by atoms with Crippen LogP contribution in [0.25, 0.3) is 0 Å². The minimum Gasteiger partial charge on any atom is -0.347 e. The smallest absolute Gasteiger partial charge is 0.272 e. The number of anilines is 1. The Morgan fingerprint density at radius 3 is 2.87 bits per heavy atom. The fourth-order valence-electron chi connectivity index (χ4n) is 2.48. The van der Waals surface area contributed by atoms with E-state index in [4.69, 9.17) is 16.8 Å². The Morgan fingerprint density at radius 1 is 1.42 bits per heavy atom. The van der Waals surface area contributed by atoms with Crippen molar-refractivity contribution in [3.05, 3.63) is 77.2 Å². The van der Waals surface area contributed by atoms with Gasteiger partial charge in [-0.2, -0.15) is 0 Å². The molecule has 2 aromatic rings. The molecule has 0 radical (unpaired) electrons. The first-order chi connectivity index (χ1) is 15.0. The average Bonchev–Trinajstić information content (AvgIpc) is 2.79. The van der Waals surface area contributed by atoms with Gasteiger partial charge < -0.3 is 5.32 Å². The van der Waals surface area contributed by atoms with Gasteiger partial charge in [-0.25, -0.2) is 14.4 Å². The van der Waals surface area contributed by atoms with Crippen molar-refractivity contribution in [1.82, 2.24) is 26.2 Å². The molecule has 1 aromatic carbocycles. The number of benzene rings is 1. The maximum absolute atomic E-state index is 13.2. The monoisotopic (exact) mass is 447 g/mol. The van der Waals surface area contributed by atoms with Crippen LogP contribution in [0.4, 0.5) is 10.1 Å². The summed E-state index contributed by atoms with van der Waals surface area (Å²) in [6.07, 6.45) is 6.85. The van der Waals surface area contributed by atoms with E-state index in [0.29, 0.717) is 29.9 Å². The maximum Gasteiger partial charge on any atom is 0.272 e. The molecule has 0 fully saturated rings. The lowest BCUT2D eigenvalue weighted by molar-refractivity contribution is 0.0946. The average molecular weight is 448 g/mol. The van der Waals surface area contributed by atoms with Gasteiger partial charge in [-0.1, -0.05) is 36.4 Å². The first-order valence-corrected chi connectivity index (χ1v) is 9.61. The maximum atomic E-state index is 13.2. The van der Waals surface area contributed by atoms with Gasteiger partial charge in [-0.05, 0) is 24.6 Å². The highest BCUT2D eigenvalue weighted by Gasteiger charge is 2.22. The van der Waals surface area contributed by atoms with Gasteiger partial charge in [0.25, 0.3) is 5.91 Å². The van der Waals surface area contributed by atoms with Crippen LogP contribution in [0, 0.1) is 5.82 Å². The Balaban J connectivity index is 0.000000785. The normalized spacial score (nSPS) is 13.4. The summed E-state index contributed by atoms with van der Waals surface area (Å²) < 4.78 is 13.2. The van der Waals surface area contributed by atoms with Crippen LogP contribution >= 0.6 is 11.6 Å². The number of carbonyl (C=O) groups is 1. The van der Waals surface area contributed by atoms with E-state index in [1.807, 2.05) is 19.1 Å². The minimum atomic E-state index is -0.501. The van der Waals surface area contributed by atoms with Crippen molar-refractivity contribution in [2.24, 2.45) is 4.99 Å². The van der Waals surface area contributed by atoms with Gasteiger partial charge in [0.1, 0.15) is 23.7 Å². The van der Waals surface area contributed by atoms with Gasteiger partial charge in [0.15, 0.2) is 5.69 Å². The van der Waals surface area contributed by atoms with E-state index in [0.717, 1.165) is 5.84 Å². The zero-order valence-corrected chi connectivity index (χ0v) is 17.6. The number of amidine groups is 1. The van der Waals surface area contributed by atoms with Gasteiger partial charge >= 0.3 is 0 Å². The van der Waals surface area contributed by atoms with Gasteiger partial charge in [0.2, 0.25) is 0 Å². The second kappa shape index (κ2) is 12.3. The van der Waals surface area contributed by atoms with E-state index in [1.54, 1.807) is 11.5 Å². The first kappa shape index (κ1) is 23.8. The third kappa shape index (κ3) is 7.05. The zero-order chi connectivity index (χ0) is 22.6. The number of fused-ring (bicyclic) bond motifs is 1. The molecule has 0 bridgehead atoms. The molecule has 0 aliphatic carbocycles. The molecule has 1 aliphatic rings. The molecule has 1 aliphatic heterocycles. The van der Waals surface area contributed by atoms with Crippen molar-refractivity contribution >= 4 is 29.0 Å². The van der Waals surface area contributed by atoms with E-state index in [9.17, 15) is 9.18 Å². The Bertz CT molecular complexity index is 982. The number of hydroxylamine groups is 1. The molecule has 0 atom stereocenters. The number of hydrogen-bond donors (Lipinski definition) is 5. The van der Waals surface area contributed by atoms with Crippen molar-refractivity contribution < 1.29 is 14.4 Å². The standard InChI is InChI=1S/C18H18ClFN6O.C2H5NO/c1-2-3-6-21-15-8-14-16(26-25-15)17(24-10-23-14)18(27)22-9-11-4-5-13(20)12(19)7-11;1-2-3-4/h2-5,7,10,26H,6,8-9H2,1H3,(H,21,25)(H,22,27);2-4H,1H2/b3-2+;. The number of aliphatic imine (C=N–C) groups is 1. The predicted octanol–water partition coefficient (Wildman–Crippen LogP) is 2.75. The fraction of sp³-hybridized carbons (Fsp3) is 0.200. The van der Waals surface area contributed by atoms with Crippen LogP contribution in [0.1, 0.15) is 28.7 Å². The van der Waals surface area contributed by atoms with Crippen molar-refractivity contribution in [3.63, 3.8) is 0 Å². The van der Waals surface area contributed by atoms with E-state index >= 15 is 0 Å². The van der Waals surface area contributed by atoms with Gasteiger partial charge in [0, 0.05) is 12.7 Å². The molecule has 1 amide bonds. The molecule has 0 saturated heterocycles. The molecule has 3 rings (SSSR count). The molecule has 31 heavy (non-hydrogen) atoms. The number of carbonyl (C=O) groups excluding carboxylic acids is 1. The van der Waals surface area contributed by atoms with Crippen LogP contribution in [-0.4, -0.2) is 33.5 Å². The largest absolute Gasteiger partial charge is 0.347 e. The lowest BCUT2D eigenvalue weighted by atomic mass is 10.1. The van der Waals surface area contributed by atoms with Gasteiger partial charge in [0.05, 0.1) is 23.7 Å². The molecule has 0 saturated carbocycles. The lowest BCUT2D eigenvalue weighted by Gasteiger charge is -2.22. The third-order valence-electron chi connectivity index (χ3n) is 3.96. The van der Waals surface area contributed by atoms with Crippen LogP contribution in [0.2, 0.25) is 5.02 Å². The number of amides is 1. The SMILES string of the molecule is C/C=C/CN=C1Cc2ncnc(C(=O)NCc3ccc(F)c(Cl)c3)c2NN1.C=CNO. The Kier molecular flexibility index (Phi) is 9.40. The Labute approximate surface area is 184 Å². The Morgan fingerprint density at radius 2 is 2.19 bits per heavy atom. The molecule has 164 valence electrons. The number of aromatic nitrogens is 2. The van der Waals surface area contributed by atoms with E-state index in [2.05, 4.69) is 37.7 Å². The van der Waals surface area contributed by atoms with Crippen LogP contribution in [0.5, 0.6) is 0 Å². The van der Waals surface area contributed by atoms with Crippen LogP contribution < -0.4 is 21.6 Å². The molecule has 2 heterocycles. The summed E-state index contributed by atoms with van der Waals surface area (Å²) in [7, 11) is 0. The minimum absolute atomic E-state index is 0.0109. The number of rotatable bonds is 6. The highest BCUT2D eigenvalue weighted by molar-refractivity contribution is 6.30. The molecule has 5 N–H and O–H groups in total. The molecular weight excluding hydrogens is 425 g/mol. The molecule has 1 aromatic heterocycles. The van der Waals surface area contributed by atoms with E-state index < -0.39 is 5.82 Å². The number of nitrogens with zero attached hydrogens (tertiary/aromatic N) is 3. The summed E-state index contributed by atoms with van der Waals surface area (Å²) in [4.78, 5) is 25.2. The zero-order valence-electron chi connectivity index (χ0n) is 16.8. The van der Waals surface area contributed by atoms with E-state index in [-0.39, 0.29) is 23.2 Å². The highest BCUT2D eigenvalue weighted by Crippen LogP contribution is 2.20. The second-order valence-electron chi connectivity index (χ2n) is 6.09. The van der Waals surface area contributed by atoms with Crippen molar-refractivity contribution in [2.75, 3.05) is 12.0 Å². The lowest BCUT2D eigenvalue weighted by Crippen LogP contribution is -2.38. The molecule has 0 unspecified atom stereocenters. The van der Waals surface area contributed by atoms with Crippen LogP contribution in [0.15, 0.2) is 54.4 Å². The number of nitrogens with one attached hydrogen (secondary N) is 4. The van der Waals surface area contributed by atoms with Gasteiger partial charge in [-0.15, -0.1) is 0 Å². The molecule has 0 spiro atoms. The molecule has 11 heteroatoms. The number of halogens is 2. The highest BCUT2D eigenvalue weighted by atomic mass is 35.5. The second-order valence-corrected chi connectivity index (χ2v) is 6.50. The van der Waals surface area contributed by atoms with Gasteiger partial charge in [-0.3, -0.25) is 31.3 Å². The third-order valence-corrected chi connectivity index (χ3v) is 4.25. The van der Waals surface area contributed by atoms with Crippen molar-refractivity contribution in [2.45, 2.75) is 19.9 Å². The first-order valence-electron chi connectivity index (χ1n) is 9.23. The predicted molar refractivity (Wildman–Crippen MR) is 117 cm³/mol. The summed E-state index contributed by atoms with van der Waals surface area (Å²) in [6.45, 7) is 5.81. The summed E-state index contributed by atoms with van der Waals surface area (Å²) in [6, 6.07) is 4.29. The van der Waals surface area contributed by atoms with Crippen LogP contribution in [-0.2, 0) is 13.0 Å². The summed E-state index contributed by atoms with van der Waals surface area (Å²) in [5.74, 6) is -0.150. The summed E-state index contributed by atoms with van der Waals surface area (Å²) in [5.41, 5.74) is 9.69. The summed E-state index contributed by atoms with van der Waals surface area (Å²) >= 11 is 5.76. The summed E-state index contributed by atoms with van der Waals surface area (Å²) in [5, 5.41) is 10.3. The number of hydrogen-bond acceptors (Lipinski definition) is 7. The Hall–Kier alpha value is -3.50. The van der Waals surface area contributed by atoms with Crippen molar-refractivity contribution in [1.29, 1.82) is 0 Å². The van der Waals surface area contributed by atoms with Crippen LogP contribution in [0.3, 0.4) is 0 Å². The number of allylic oxidation sites excluding steroid dienone is 1. The van der Waals surface area contributed by atoms with E-state index in [1.165, 1.54) is 24.7 Å². The molecule has 9 nitrogen and oxygen atoms in total. The quantitative estimate of drug-likeness (QED) is 0.340. The topological polar surface area (TPSA) is 124 Å².